The van der Waals surface area contributed by atoms with Crippen molar-refractivity contribution >= 4 is 22.8 Å². The summed E-state index contributed by atoms with van der Waals surface area (Å²) in [5.41, 5.74) is 1.30. The van der Waals surface area contributed by atoms with E-state index in [4.69, 9.17) is 4.74 Å². The predicted molar refractivity (Wildman–Crippen MR) is 113 cm³/mol. The maximum absolute atomic E-state index is 13.0. The molecule has 2 saturated carbocycles. The van der Waals surface area contributed by atoms with E-state index in [0.717, 1.165) is 48.7 Å². The van der Waals surface area contributed by atoms with E-state index in [2.05, 4.69) is 11.1 Å². The fourth-order valence-corrected chi connectivity index (χ4v) is 4.37. The zero-order valence-corrected chi connectivity index (χ0v) is 17.6. The number of ether oxygens (including phenoxy) is 1. The number of hydrogen-bond donors (Lipinski definition) is 0. The van der Waals surface area contributed by atoms with Crippen LogP contribution in [-0.2, 0) is 9.53 Å². The number of esters is 1. The van der Waals surface area contributed by atoms with Gasteiger partial charge in [0.25, 0.3) is 5.91 Å². The smallest absolute Gasteiger partial charge is 0.339 e. The molecule has 0 spiro atoms. The minimum absolute atomic E-state index is 0.340. The molecule has 0 saturated heterocycles. The van der Waals surface area contributed by atoms with Gasteiger partial charge in [0.2, 0.25) is 0 Å². The minimum Gasteiger partial charge on any atom is -0.449 e. The van der Waals surface area contributed by atoms with Crippen LogP contribution in [0.25, 0.3) is 10.9 Å². The minimum atomic E-state index is -0.967. The average molecular weight is 405 g/mol. The molecule has 0 radical (unpaired) electrons. The molecule has 1 aromatic carbocycles. The van der Waals surface area contributed by atoms with Gasteiger partial charge < -0.3 is 9.64 Å². The molecule has 6 nitrogen and oxygen atoms in total. The van der Waals surface area contributed by atoms with Crippen LogP contribution in [0.3, 0.4) is 0 Å². The highest BCUT2D eigenvalue weighted by Gasteiger charge is 2.41. The first-order valence-corrected chi connectivity index (χ1v) is 10.7. The van der Waals surface area contributed by atoms with E-state index in [1.165, 1.54) is 4.90 Å². The van der Waals surface area contributed by atoms with Crippen LogP contribution >= 0.6 is 0 Å². The summed E-state index contributed by atoms with van der Waals surface area (Å²) >= 11 is 0. The Morgan fingerprint density at radius 3 is 2.60 bits per heavy atom. The number of carbonyl (C=O) groups excluding carboxylic acids is 2. The number of fused-ring (bicyclic) bond motifs is 1. The molecule has 0 unspecified atom stereocenters. The Hall–Kier alpha value is -2.94. The van der Waals surface area contributed by atoms with Gasteiger partial charge in [-0.15, -0.1) is 0 Å². The largest absolute Gasteiger partial charge is 0.449 e. The van der Waals surface area contributed by atoms with E-state index in [9.17, 15) is 14.9 Å². The summed E-state index contributed by atoms with van der Waals surface area (Å²) < 4.78 is 5.60. The molecule has 2 fully saturated rings. The third-order valence-electron chi connectivity index (χ3n) is 6.44. The molecule has 1 aromatic heterocycles. The van der Waals surface area contributed by atoms with Crippen molar-refractivity contribution in [2.45, 2.75) is 69.4 Å². The number of hydrogen-bond acceptors (Lipinski definition) is 5. The fourth-order valence-electron chi connectivity index (χ4n) is 4.37. The van der Waals surface area contributed by atoms with Crippen molar-refractivity contribution in [1.29, 1.82) is 5.26 Å². The second-order valence-electron chi connectivity index (χ2n) is 8.53. The van der Waals surface area contributed by atoms with Gasteiger partial charge in [0.05, 0.1) is 17.1 Å². The van der Waals surface area contributed by atoms with Crippen molar-refractivity contribution in [3.8, 4) is 6.07 Å². The maximum Gasteiger partial charge on any atom is 0.339 e. The zero-order valence-electron chi connectivity index (χ0n) is 17.6. The molecule has 1 amide bonds. The summed E-state index contributed by atoms with van der Waals surface area (Å²) in [6.07, 6.45) is 5.43. The molecule has 4 rings (SSSR count). The molecule has 1 heterocycles. The van der Waals surface area contributed by atoms with Gasteiger partial charge >= 0.3 is 5.97 Å². The summed E-state index contributed by atoms with van der Waals surface area (Å²) in [5, 5.41) is 10.5. The first kappa shape index (κ1) is 20.3. The van der Waals surface area contributed by atoms with Crippen molar-refractivity contribution in [3.63, 3.8) is 0 Å². The number of benzene rings is 1. The van der Waals surface area contributed by atoms with Crippen molar-refractivity contribution in [3.05, 3.63) is 41.6 Å². The van der Waals surface area contributed by atoms with E-state index in [1.54, 1.807) is 20.0 Å². The van der Waals surface area contributed by atoms with Crippen LogP contribution in [0, 0.1) is 11.3 Å². The van der Waals surface area contributed by atoms with E-state index >= 15 is 0 Å². The lowest BCUT2D eigenvalue weighted by Crippen LogP contribution is -2.53. The molecule has 30 heavy (non-hydrogen) atoms. The molecule has 2 aliphatic rings. The van der Waals surface area contributed by atoms with E-state index in [1.807, 2.05) is 24.3 Å². The van der Waals surface area contributed by atoms with Gasteiger partial charge in [-0.3, -0.25) is 9.78 Å². The van der Waals surface area contributed by atoms with Crippen LogP contribution < -0.4 is 0 Å². The van der Waals surface area contributed by atoms with Crippen molar-refractivity contribution in [2.75, 3.05) is 7.05 Å². The first-order chi connectivity index (χ1) is 14.4. The lowest BCUT2D eigenvalue weighted by atomic mass is 9.81. The fraction of sp³-hybridized carbons (Fsp3) is 0.500. The molecule has 0 aliphatic heterocycles. The van der Waals surface area contributed by atoms with Crippen molar-refractivity contribution in [2.24, 2.45) is 0 Å². The van der Waals surface area contributed by atoms with Gasteiger partial charge in [0.15, 0.2) is 6.10 Å². The normalized spacial score (nSPS) is 19.0. The third kappa shape index (κ3) is 3.77. The molecule has 156 valence electrons. The Morgan fingerprint density at radius 2 is 1.93 bits per heavy atom. The Morgan fingerprint density at radius 1 is 1.23 bits per heavy atom. The molecular formula is C24H27N3O3. The molecule has 2 aliphatic carbocycles. The van der Waals surface area contributed by atoms with Crippen molar-refractivity contribution in [1.82, 2.24) is 9.88 Å². The average Bonchev–Trinajstić information content (AvgIpc) is 3.63. The Labute approximate surface area is 176 Å². The highest BCUT2D eigenvalue weighted by Crippen LogP contribution is 2.40. The van der Waals surface area contributed by atoms with E-state index in [-0.39, 0.29) is 5.91 Å². The van der Waals surface area contributed by atoms with Crippen molar-refractivity contribution < 1.29 is 14.3 Å². The number of aromatic nitrogens is 1. The number of amides is 1. The van der Waals surface area contributed by atoms with Crippen LogP contribution in [0.1, 0.15) is 73.8 Å². The highest BCUT2D eigenvalue weighted by molar-refractivity contribution is 6.04. The molecule has 2 aromatic rings. The first-order valence-electron chi connectivity index (χ1n) is 10.7. The quantitative estimate of drug-likeness (QED) is 0.691. The van der Waals surface area contributed by atoms with Crippen LogP contribution in [0.4, 0.5) is 0 Å². The summed E-state index contributed by atoms with van der Waals surface area (Å²) in [5.74, 6) is -0.472. The topological polar surface area (TPSA) is 83.3 Å². The summed E-state index contributed by atoms with van der Waals surface area (Å²) in [4.78, 5) is 32.2. The van der Waals surface area contributed by atoms with Gasteiger partial charge in [-0.1, -0.05) is 37.5 Å². The maximum atomic E-state index is 13.0. The Kier molecular flexibility index (Phi) is 5.46. The molecule has 6 heteroatoms. The highest BCUT2D eigenvalue weighted by atomic mass is 16.5. The molecule has 0 bridgehead atoms. The summed E-state index contributed by atoms with van der Waals surface area (Å²) in [6.45, 7) is 1.58. The van der Waals surface area contributed by atoms with Crippen LogP contribution in [0.15, 0.2) is 30.3 Å². The Bertz CT molecular complexity index is 1020. The molecule has 1 atom stereocenters. The van der Waals surface area contributed by atoms with E-state index < -0.39 is 17.6 Å². The second kappa shape index (κ2) is 8.06. The van der Waals surface area contributed by atoms with Gasteiger partial charge in [0.1, 0.15) is 5.54 Å². The number of nitrogens with zero attached hydrogens (tertiary/aromatic N) is 3. The summed E-state index contributed by atoms with van der Waals surface area (Å²) in [6, 6.07) is 11.6. The van der Waals surface area contributed by atoms with Gasteiger partial charge in [0, 0.05) is 24.0 Å². The number of carbonyl (C=O) groups is 2. The summed E-state index contributed by atoms with van der Waals surface area (Å²) in [7, 11) is 1.65. The predicted octanol–water partition coefficient (Wildman–Crippen LogP) is 4.34. The Balaban J connectivity index is 1.55. The van der Waals surface area contributed by atoms with Crippen LogP contribution in [0.5, 0.6) is 0 Å². The SMILES string of the molecule is C[C@@H](OC(=O)c1cc(C2CC2)nc2ccccc12)C(=O)N(C)C1(C#N)CCCCC1. The number of para-hydroxylation sites is 1. The monoisotopic (exact) mass is 405 g/mol. The number of nitriles is 1. The molecule has 0 N–H and O–H groups in total. The van der Waals surface area contributed by atoms with Gasteiger partial charge in [-0.2, -0.15) is 5.26 Å². The standard InChI is InChI=1S/C24H27N3O3/c1-16(22(28)27(2)24(15-25)12-6-3-7-13-24)30-23(29)19-14-21(17-10-11-17)26-20-9-5-4-8-18(19)20/h4-5,8-9,14,16-17H,3,6-7,10-13H2,1-2H3/t16-/m1/s1. The lowest BCUT2D eigenvalue weighted by molar-refractivity contribution is -0.143. The van der Waals surface area contributed by atoms with Crippen LogP contribution in [0.2, 0.25) is 0 Å². The van der Waals surface area contributed by atoms with Gasteiger partial charge in [-0.25, -0.2) is 4.79 Å². The number of pyridine rings is 1. The third-order valence-corrected chi connectivity index (χ3v) is 6.44. The number of rotatable bonds is 5. The molecular weight excluding hydrogens is 378 g/mol. The van der Waals surface area contributed by atoms with E-state index in [0.29, 0.717) is 24.3 Å². The van der Waals surface area contributed by atoms with Crippen LogP contribution in [-0.4, -0.2) is 40.5 Å². The van der Waals surface area contributed by atoms with Gasteiger partial charge in [-0.05, 0) is 44.7 Å². The second-order valence-corrected chi connectivity index (χ2v) is 8.53. The zero-order chi connectivity index (χ0) is 21.3. The number of likely N-dealkylation sites (N-methyl/N-ethyl adjacent to an activating group) is 1. The lowest BCUT2D eigenvalue weighted by Gasteiger charge is -2.39.